The van der Waals surface area contributed by atoms with Crippen molar-refractivity contribution in [3.05, 3.63) is 0 Å². The molecule has 0 spiro atoms. The van der Waals surface area contributed by atoms with Gasteiger partial charge in [-0.15, -0.1) is 0 Å². The van der Waals surface area contributed by atoms with Crippen LogP contribution in [0.4, 0.5) is 0 Å². The molecule has 0 bridgehead atoms. The van der Waals surface area contributed by atoms with Crippen molar-refractivity contribution >= 4 is 0 Å². The van der Waals surface area contributed by atoms with Gasteiger partial charge < -0.3 is 29.5 Å². The van der Waals surface area contributed by atoms with Crippen LogP contribution in [0.25, 0.3) is 0 Å². The molecule has 0 aromatic carbocycles. The second kappa shape index (κ2) is 12.8. The topological polar surface area (TPSA) is 88.4 Å². The minimum Gasteiger partial charge on any atom is -0.396 e. The Morgan fingerprint density at radius 3 is 1.88 bits per heavy atom. The zero-order chi connectivity index (χ0) is 12.1. The van der Waals surface area contributed by atoms with Gasteiger partial charge in [0.15, 0.2) is 0 Å². The first-order valence-electron chi connectivity index (χ1n) is 5.44. The summed E-state index contributed by atoms with van der Waals surface area (Å²) in [6.07, 6.45) is -0.284. The highest BCUT2D eigenvalue weighted by molar-refractivity contribution is 4.51. The third-order valence-electron chi connectivity index (χ3n) is 1.75. The maximum Gasteiger partial charge on any atom is 0.0795 e. The normalized spacial score (nSPS) is 12.9. The molecule has 0 fully saturated rings. The third-order valence-corrected chi connectivity index (χ3v) is 1.75. The summed E-state index contributed by atoms with van der Waals surface area (Å²) in [7, 11) is 0. The molecule has 6 heteroatoms. The average molecular weight is 238 g/mol. The molecule has 6 nitrogen and oxygen atoms in total. The smallest absolute Gasteiger partial charge is 0.0795 e. The van der Waals surface area contributed by atoms with Gasteiger partial charge >= 0.3 is 0 Å². The highest BCUT2D eigenvalue weighted by Crippen LogP contribution is 1.91. The van der Waals surface area contributed by atoms with Crippen LogP contribution in [-0.4, -0.2) is 74.3 Å². The molecule has 1 atom stereocenters. The molecular formula is C10H22O6. The summed E-state index contributed by atoms with van der Waals surface area (Å²) in [5.74, 6) is 0. The molecule has 0 saturated carbocycles. The molecular weight excluding hydrogens is 216 g/mol. The summed E-state index contributed by atoms with van der Waals surface area (Å²) in [6, 6.07) is 0. The van der Waals surface area contributed by atoms with E-state index >= 15 is 0 Å². The van der Waals surface area contributed by atoms with Crippen molar-refractivity contribution in [2.75, 3.05) is 52.9 Å². The van der Waals surface area contributed by atoms with Crippen LogP contribution in [-0.2, 0) is 14.2 Å². The van der Waals surface area contributed by atoms with Gasteiger partial charge in [-0.05, 0) is 6.42 Å². The Kier molecular flexibility index (Phi) is 12.6. The minimum absolute atomic E-state index is 0.0197. The second-order valence-electron chi connectivity index (χ2n) is 3.19. The predicted molar refractivity (Wildman–Crippen MR) is 57.3 cm³/mol. The molecule has 0 aliphatic heterocycles. The molecule has 0 rings (SSSR count). The van der Waals surface area contributed by atoms with Crippen molar-refractivity contribution in [2.45, 2.75) is 12.5 Å². The van der Waals surface area contributed by atoms with Crippen LogP contribution >= 0.6 is 0 Å². The van der Waals surface area contributed by atoms with E-state index in [-0.39, 0.29) is 19.8 Å². The third kappa shape index (κ3) is 11.8. The molecule has 0 aromatic heterocycles. The fourth-order valence-corrected chi connectivity index (χ4v) is 0.956. The number of aliphatic hydroxyl groups excluding tert-OH is 3. The van der Waals surface area contributed by atoms with E-state index in [9.17, 15) is 5.11 Å². The van der Waals surface area contributed by atoms with Crippen LogP contribution in [0.15, 0.2) is 0 Å². The number of hydrogen-bond acceptors (Lipinski definition) is 6. The van der Waals surface area contributed by atoms with Gasteiger partial charge in [-0.2, -0.15) is 0 Å². The van der Waals surface area contributed by atoms with E-state index in [4.69, 9.17) is 24.4 Å². The van der Waals surface area contributed by atoms with Gasteiger partial charge in [0.2, 0.25) is 0 Å². The first-order valence-corrected chi connectivity index (χ1v) is 5.44. The lowest BCUT2D eigenvalue weighted by Gasteiger charge is -2.09. The summed E-state index contributed by atoms with van der Waals surface area (Å²) < 4.78 is 15.2. The minimum atomic E-state index is -0.613. The Labute approximate surface area is 95.7 Å². The number of rotatable bonds is 12. The summed E-state index contributed by atoms with van der Waals surface area (Å²) in [6.45, 7) is 2.28. The quantitative estimate of drug-likeness (QED) is 0.369. The van der Waals surface area contributed by atoms with Crippen molar-refractivity contribution in [1.82, 2.24) is 0 Å². The molecule has 1 unspecified atom stereocenters. The fraction of sp³-hybridized carbons (Fsp3) is 1.00. The van der Waals surface area contributed by atoms with E-state index in [0.717, 1.165) is 0 Å². The zero-order valence-corrected chi connectivity index (χ0v) is 9.51. The van der Waals surface area contributed by atoms with Crippen molar-refractivity contribution < 1.29 is 29.5 Å². The van der Waals surface area contributed by atoms with Gasteiger partial charge in [0.05, 0.1) is 52.4 Å². The predicted octanol–water partition coefficient (Wildman–Crippen LogP) is -1.23. The lowest BCUT2D eigenvalue weighted by atomic mass is 10.3. The summed E-state index contributed by atoms with van der Waals surface area (Å²) in [5.41, 5.74) is 0. The molecule has 0 saturated heterocycles. The maximum atomic E-state index is 9.18. The van der Waals surface area contributed by atoms with Gasteiger partial charge in [-0.25, -0.2) is 0 Å². The Bertz CT molecular complexity index is 132. The monoisotopic (exact) mass is 238 g/mol. The Balaban J connectivity index is 2.98. The summed E-state index contributed by atoms with van der Waals surface area (Å²) in [4.78, 5) is 0. The van der Waals surface area contributed by atoms with Crippen molar-refractivity contribution in [3.8, 4) is 0 Å². The Hall–Kier alpha value is -0.240. The molecule has 0 amide bonds. The van der Waals surface area contributed by atoms with Crippen molar-refractivity contribution in [2.24, 2.45) is 0 Å². The second-order valence-corrected chi connectivity index (χ2v) is 3.19. The lowest BCUT2D eigenvalue weighted by molar-refractivity contribution is -0.0167. The largest absolute Gasteiger partial charge is 0.396 e. The van der Waals surface area contributed by atoms with Gasteiger partial charge in [0.25, 0.3) is 0 Å². The molecule has 16 heavy (non-hydrogen) atoms. The number of hydrogen-bond donors (Lipinski definition) is 3. The van der Waals surface area contributed by atoms with Gasteiger partial charge in [-0.1, -0.05) is 0 Å². The molecule has 0 heterocycles. The molecule has 0 aromatic rings. The Morgan fingerprint density at radius 1 is 0.750 bits per heavy atom. The number of ether oxygens (including phenoxy) is 3. The molecule has 98 valence electrons. The van der Waals surface area contributed by atoms with Crippen LogP contribution < -0.4 is 0 Å². The molecule has 0 radical (unpaired) electrons. The zero-order valence-electron chi connectivity index (χ0n) is 9.51. The Morgan fingerprint density at radius 2 is 1.31 bits per heavy atom. The summed E-state index contributed by atoms with van der Waals surface area (Å²) in [5, 5.41) is 26.1. The first-order chi connectivity index (χ1) is 7.81. The van der Waals surface area contributed by atoms with Crippen LogP contribution in [0, 0.1) is 0 Å². The van der Waals surface area contributed by atoms with Crippen LogP contribution in [0.2, 0.25) is 0 Å². The van der Waals surface area contributed by atoms with E-state index in [0.29, 0.717) is 39.5 Å². The molecule has 0 aliphatic carbocycles. The SMILES string of the molecule is OCCOCCOCCOCC(O)CCO. The lowest BCUT2D eigenvalue weighted by Crippen LogP contribution is -2.19. The van der Waals surface area contributed by atoms with Crippen LogP contribution in [0.5, 0.6) is 0 Å². The molecule has 0 aliphatic rings. The van der Waals surface area contributed by atoms with Crippen molar-refractivity contribution in [1.29, 1.82) is 0 Å². The van der Waals surface area contributed by atoms with Crippen LogP contribution in [0.3, 0.4) is 0 Å². The van der Waals surface area contributed by atoms with Crippen molar-refractivity contribution in [3.63, 3.8) is 0 Å². The average Bonchev–Trinajstić information content (AvgIpc) is 2.27. The highest BCUT2D eigenvalue weighted by atomic mass is 16.5. The fourth-order valence-electron chi connectivity index (χ4n) is 0.956. The highest BCUT2D eigenvalue weighted by Gasteiger charge is 2.02. The van der Waals surface area contributed by atoms with E-state index in [2.05, 4.69) is 0 Å². The number of aliphatic hydroxyl groups is 3. The van der Waals surface area contributed by atoms with Gasteiger partial charge in [0.1, 0.15) is 0 Å². The molecule has 3 N–H and O–H groups in total. The van der Waals surface area contributed by atoms with Crippen LogP contribution in [0.1, 0.15) is 6.42 Å². The summed E-state index contributed by atoms with van der Waals surface area (Å²) >= 11 is 0. The van der Waals surface area contributed by atoms with E-state index in [1.165, 1.54) is 0 Å². The van der Waals surface area contributed by atoms with Gasteiger partial charge in [-0.3, -0.25) is 0 Å². The first kappa shape index (κ1) is 15.8. The van der Waals surface area contributed by atoms with E-state index < -0.39 is 6.10 Å². The van der Waals surface area contributed by atoms with Gasteiger partial charge in [0, 0.05) is 6.61 Å². The van der Waals surface area contributed by atoms with E-state index in [1.807, 2.05) is 0 Å². The van der Waals surface area contributed by atoms with E-state index in [1.54, 1.807) is 0 Å². The maximum absolute atomic E-state index is 9.18. The standard InChI is InChI=1S/C10H22O6/c11-2-1-10(13)9-16-8-7-15-6-5-14-4-3-12/h10-13H,1-9H2.